The van der Waals surface area contributed by atoms with Crippen molar-refractivity contribution in [3.05, 3.63) is 62.5 Å². The highest BCUT2D eigenvalue weighted by Crippen LogP contribution is 2.49. The van der Waals surface area contributed by atoms with E-state index < -0.39 is 22.3 Å². The summed E-state index contributed by atoms with van der Waals surface area (Å²) in [7, 11) is 0. The van der Waals surface area contributed by atoms with Crippen LogP contribution in [0.2, 0.25) is 0 Å². The Kier molecular flexibility index (Phi) is 5.40. The van der Waals surface area contributed by atoms with E-state index in [0.29, 0.717) is 0 Å². The number of carboxylic acids is 2. The standard InChI is InChI=1S/C19H20N2O7/c1-10(22)9-20-11(2)15(17(23)24)19(4,16(12(20)3)18(25)26)13-7-5-6-8-14(13)21(27)28/h5-8H,9H2,1-4H3,(H,23,24)(H,25,26). The second-order valence-electron chi connectivity index (χ2n) is 6.72. The summed E-state index contributed by atoms with van der Waals surface area (Å²) in [5.41, 5.74) is -2.57. The first kappa shape index (κ1) is 20.8. The normalized spacial score (nSPS) is 16.2. The van der Waals surface area contributed by atoms with E-state index in [0.717, 1.165) is 0 Å². The zero-order valence-corrected chi connectivity index (χ0v) is 15.8. The summed E-state index contributed by atoms with van der Waals surface area (Å²) in [6, 6.07) is 5.46. The van der Waals surface area contributed by atoms with Crippen LogP contribution in [0, 0.1) is 10.1 Å². The van der Waals surface area contributed by atoms with Crippen molar-refractivity contribution in [2.45, 2.75) is 33.1 Å². The quantitative estimate of drug-likeness (QED) is 0.560. The Morgan fingerprint density at radius 3 is 1.93 bits per heavy atom. The molecule has 0 saturated heterocycles. The van der Waals surface area contributed by atoms with Gasteiger partial charge in [0.05, 0.1) is 28.0 Å². The van der Waals surface area contributed by atoms with Crippen LogP contribution >= 0.6 is 0 Å². The highest BCUT2D eigenvalue weighted by atomic mass is 16.6. The summed E-state index contributed by atoms with van der Waals surface area (Å²) in [6.45, 7) is 5.36. The number of benzene rings is 1. The summed E-state index contributed by atoms with van der Waals surface area (Å²) in [5, 5.41) is 31.4. The summed E-state index contributed by atoms with van der Waals surface area (Å²) in [6.07, 6.45) is 0. The average molecular weight is 388 g/mol. The molecule has 0 fully saturated rings. The molecule has 2 N–H and O–H groups in total. The van der Waals surface area contributed by atoms with Gasteiger partial charge in [-0.3, -0.25) is 14.9 Å². The van der Waals surface area contributed by atoms with E-state index in [1.807, 2.05) is 0 Å². The van der Waals surface area contributed by atoms with Crippen molar-refractivity contribution >= 4 is 23.4 Å². The van der Waals surface area contributed by atoms with Crippen LogP contribution in [0.5, 0.6) is 0 Å². The molecule has 148 valence electrons. The minimum Gasteiger partial charge on any atom is -0.478 e. The fraction of sp³-hybridized carbons (Fsp3) is 0.316. The van der Waals surface area contributed by atoms with Gasteiger partial charge in [-0.1, -0.05) is 18.2 Å². The summed E-state index contributed by atoms with van der Waals surface area (Å²) < 4.78 is 0. The van der Waals surface area contributed by atoms with Crippen molar-refractivity contribution in [3.63, 3.8) is 0 Å². The Labute approximate surface area is 160 Å². The fourth-order valence-corrected chi connectivity index (χ4v) is 3.89. The number of Topliss-reactive ketones (excluding diaryl/α,β-unsaturated/α-hetero) is 1. The number of carboxylic acid groups (broad SMARTS) is 2. The SMILES string of the molecule is CC(=O)CN1C(C)=C(C(=O)O)C(C)(c2ccccc2[N+](=O)[O-])C(C(=O)O)=C1C. The van der Waals surface area contributed by atoms with Crippen LogP contribution < -0.4 is 0 Å². The van der Waals surface area contributed by atoms with E-state index in [1.54, 1.807) is 0 Å². The lowest BCUT2D eigenvalue weighted by Gasteiger charge is -2.42. The van der Waals surface area contributed by atoms with Crippen molar-refractivity contribution < 1.29 is 29.5 Å². The van der Waals surface area contributed by atoms with E-state index in [1.165, 1.54) is 56.9 Å². The van der Waals surface area contributed by atoms with Gasteiger partial charge < -0.3 is 15.1 Å². The van der Waals surface area contributed by atoms with Crippen molar-refractivity contribution in [3.8, 4) is 0 Å². The predicted molar refractivity (Wildman–Crippen MR) is 98.5 cm³/mol. The number of hydrogen-bond acceptors (Lipinski definition) is 6. The Hall–Kier alpha value is -3.49. The molecule has 0 spiro atoms. The molecule has 1 aliphatic rings. The van der Waals surface area contributed by atoms with Crippen LogP contribution in [0.1, 0.15) is 33.3 Å². The first-order chi connectivity index (χ1) is 12.9. The number of para-hydroxylation sites is 1. The molecule has 9 nitrogen and oxygen atoms in total. The molecular formula is C19H20N2O7. The van der Waals surface area contributed by atoms with Gasteiger partial charge in [0.1, 0.15) is 5.78 Å². The molecule has 0 radical (unpaired) electrons. The van der Waals surface area contributed by atoms with E-state index in [2.05, 4.69) is 0 Å². The summed E-state index contributed by atoms with van der Waals surface area (Å²) >= 11 is 0. The van der Waals surface area contributed by atoms with Crippen LogP contribution in [-0.2, 0) is 19.8 Å². The highest BCUT2D eigenvalue weighted by Gasteiger charge is 2.51. The van der Waals surface area contributed by atoms with Crippen molar-refractivity contribution in [1.29, 1.82) is 0 Å². The predicted octanol–water partition coefficient (Wildman–Crippen LogP) is 2.47. The van der Waals surface area contributed by atoms with Gasteiger partial charge in [0, 0.05) is 23.0 Å². The van der Waals surface area contributed by atoms with E-state index in [9.17, 15) is 34.7 Å². The molecule has 9 heteroatoms. The fourth-order valence-electron chi connectivity index (χ4n) is 3.89. The monoisotopic (exact) mass is 388 g/mol. The number of allylic oxidation sites excluding steroid dienone is 2. The van der Waals surface area contributed by atoms with E-state index in [-0.39, 0.29) is 46.1 Å². The number of aliphatic carboxylic acids is 2. The molecule has 1 heterocycles. The third-order valence-electron chi connectivity index (χ3n) is 4.98. The smallest absolute Gasteiger partial charge is 0.334 e. The van der Waals surface area contributed by atoms with Crippen LogP contribution in [0.25, 0.3) is 0 Å². The van der Waals surface area contributed by atoms with Gasteiger partial charge in [-0.15, -0.1) is 0 Å². The molecule has 0 aromatic heterocycles. The molecular weight excluding hydrogens is 368 g/mol. The molecule has 0 atom stereocenters. The zero-order valence-electron chi connectivity index (χ0n) is 15.8. The maximum absolute atomic E-state index is 12.2. The van der Waals surface area contributed by atoms with E-state index in [4.69, 9.17) is 0 Å². The third-order valence-corrected chi connectivity index (χ3v) is 4.98. The molecule has 2 rings (SSSR count). The molecule has 0 unspecified atom stereocenters. The first-order valence-corrected chi connectivity index (χ1v) is 8.34. The Bertz CT molecular complexity index is 921. The first-order valence-electron chi connectivity index (χ1n) is 8.34. The van der Waals surface area contributed by atoms with Gasteiger partial charge in [0.25, 0.3) is 5.69 Å². The number of rotatable bonds is 6. The topological polar surface area (TPSA) is 138 Å². The Balaban J connectivity index is 3.00. The number of nitro benzene ring substituents is 1. The van der Waals surface area contributed by atoms with Gasteiger partial charge >= 0.3 is 11.9 Å². The van der Waals surface area contributed by atoms with E-state index >= 15 is 0 Å². The lowest BCUT2D eigenvalue weighted by molar-refractivity contribution is -0.385. The van der Waals surface area contributed by atoms with Gasteiger partial charge in [0.2, 0.25) is 0 Å². The minimum absolute atomic E-state index is 0.0454. The second kappa shape index (κ2) is 7.26. The molecule has 28 heavy (non-hydrogen) atoms. The van der Waals surface area contributed by atoms with Crippen LogP contribution in [-0.4, -0.2) is 44.3 Å². The van der Waals surface area contributed by atoms with Crippen molar-refractivity contribution in [2.75, 3.05) is 6.54 Å². The lowest BCUT2D eigenvalue weighted by Crippen LogP contribution is -2.45. The third kappa shape index (κ3) is 3.15. The molecule has 1 aromatic rings. The number of ketones is 1. The molecule has 1 aromatic carbocycles. The molecule has 0 aliphatic carbocycles. The minimum atomic E-state index is -1.80. The highest BCUT2D eigenvalue weighted by molar-refractivity contribution is 6.01. The largest absolute Gasteiger partial charge is 0.478 e. The number of nitro groups is 1. The molecule has 0 amide bonds. The number of hydrogen-bond donors (Lipinski definition) is 2. The van der Waals surface area contributed by atoms with Gasteiger partial charge in [-0.05, 0) is 27.7 Å². The van der Waals surface area contributed by atoms with Gasteiger partial charge in [0.15, 0.2) is 0 Å². The van der Waals surface area contributed by atoms with Crippen LogP contribution in [0.15, 0.2) is 46.8 Å². The van der Waals surface area contributed by atoms with Crippen LogP contribution in [0.4, 0.5) is 5.69 Å². The molecule has 0 bridgehead atoms. The van der Waals surface area contributed by atoms with Crippen LogP contribution in [0.3, 0.4) is 0 Å². The summed E-state index contributed by atoms with van der Waals surface area (Å²) in [4.78, 5) is 48.2. The van der Waals surface area contributed by atoms with Gasteiger partial charge in [-0.2, -0.15) is 0 Å². The Morgan fingerprint density at radius 2 is 1.54 bits per heavy atom. The number of nitrogens with zero attached hydrogens (tertiary/aromatic N) is 2. The zero-order chi connectivity index (χ0) is 21.4. The maximum atomic E-state index is 12.2. The summed E-state index contributed by atoms with van der Waals surface area (Å²) in [5.74, 6) is -3.13. The molecule has 0 saturated carbocycles. The van der Waals surface area contributed by atoms with Gasteiger partial charge in [-0.25, -0.2) is 9.59 Å². The maximum Gasteiger partial charge on any atom is 0.334 e. The number of carbonyl (C=O) groups excluding carboxylic acids is 1. The van der Waals surface area contributed by atoms with Crippen molar-refractivity contribution in [2.24, 2.45) is 0 Å². The average Bonchev–Trinajstić information content (AvgIpc) is 2.57. The second-order valence-corrected chi connectivity index (χ2v) is 6.72. The lowest BCUT2D eigenvalue weighted by atomic mass is 9.66. The molecule has 1 aliphatic heterocycles. The number of carbonyl (C=O) groups is 3. The van der Waals surface area contributed by atoms with Crippen molar-refractivity contribution in [1.82, 2.24) is 4.90 Å². The Morgan fingerprint density at radius 1 is 1.07 bits per heavy atom.